The molecule has 2 aliphatic heterocycles. The minimum Gasteiger partial charge on any atom is -0.378 e. The van der Waals surface area contributed by atoms with Crippen molar-refractivity contribution in [2.75, 3.05) is 26.3 Å². The SMILES string of the molecule is C[C@@H]1CC[C@H](CCc2ccc(F)cc2)N1C(=O)N1CCOCC1. The number of nitrogens with zero attached hydrogens (tertiary/aromatic N) is 2. The Balaban J connectivity index is 1.61. The number of urea groups is 1. The average Bonchev–Trinajstić information content (AvgIpc) is 2.95. The van der Waals surface area contributed by atoms with Gasteiger partial charge in [0.25, 0.3) is 0 Å². The van der Waals surface area contributed by atoms with Gasteiger partial charge in [-0.3, -0.25) is 0 Å². The molecule has 23 heavy (non-hydrogen) atoms. The van der Waals surface area contributed by atoms with Crippen LogP contribution in [-0.2, 0) is 11.2 Å². The third kappa shape index (κ3) is 3.83. The lowest BCUT2D eigenvalue weighted by Gasteiger charge is -2.36. The van der Waals surface area contributed by atoms with Gasteiger partial charge in [-0.25, -0.2) is 9.18 Å². The lowest BCUT2D eigenvalue weighted by Crippen LogP contribution is -2.51. The van der Waals surface area contributed by atoms with Crippen LogP contribution >= 0.6 is 0 Å². The second-order valence-corrected chi connectivity index (χ2v) is 6.53. The Labute approximate surface area is 137 Å². The van der Waals surface area contributed by atoms with Crippen LogP contribution in [0.3, 0.4) is 0 Å². The molecule has 0 bridgehead atoms. The molecule has 2 aliphatic rings. The van der Waals surface area contributed by atoms with Crippen LogP contribution in [0.15, 0.2) is 24.3 Å². The second kappa shape index (κ2) is 7.30. The largest absolute Gasteiger partial charge is 0.378 e. The normalized spacial score (nSPS) is 25.0. The molecule has 0 aliphatic carbocycles. The Morgan fingerprint density at radius 2 is 1.91 bits per heavy atom. The van der Waals surface area contributed by atoms with Gasteiger partial charge in [-0.1, -0.05) is 12.1 Å². The van der Waals surface area contributed by atoms with E-state index in [-0.39, 0.29) is 17.9 Å². The van der Waals surface area contributed by atoms with Crippen molar-refractivity contribution < 1.29 is 13.9 Å². The lowest BCUT2D eigenvalue weighted by molar-refractivity contribution is 0.0387. The molecule has 2 amide bonds. The van der Waals surface area contributed by atoms with Crippen LogP contribution < -0.4 is 0 Å². The van der Waals surface area contributed by atoms with Gasteiger partial charge in [-0.05, 0) is 50.3 Å². The Hall–Kier alpha value is -1.62. The van der Waals surface area contributed by atoms with Gasteiger partial charge in [0.15, 0.2) is 0 Å². The monoisotopic (exact) mass is 320 g/mol. The molecule has 2 fully saturated rings. The van der Waals surface area contributed by atoms with Gasteiger partial charge in [0.2, 0.25) is 0 Å². The number of carbonyl (C=O) groups excluding carboxylic acids is 1. The fourth-order valence-corrected chi connectivity index (χ4v) is 3.60. The summed E-state index contributed by atoms with van der Waals surface area (Å²) in [6, 6.07) is 7.41. The molecule has 3 rings (SSSR count). The van der Waals surface area contributed by atoms with Gasteiger partial charge in [-0.15, -0.1) is 0 Å². The van der Waals surface area contributed by atoms with Gasteiger partial charge in [0.1, 0.15) is 5.82 Å². The predicted octanol–water partition coefficient (Wildman–Crippen LogP) is 3.06. The van der Waals surface area contributed by atoms with Crippen LogP contribution in [0.1, 0.15) is 31.7 Å². The average molecular weight is 320 g/mol. The van der Waals surface area contributed by atoms with E-state index in [2.05, 4.69) is 11.8 Å². The molecule has 4 nitrogen and oxygen atoms in total. The molecule has 126 valence electrons. The summed E-state index contributed by atoms with van der Waals surface area (Å²) in [5, 5.41) is 0. The smallest absolute Gasteiger partial charge is 0.320 e. The van der Waals surface area contributed by atoms with Crippen LogP contribution in [0, 0.1) is 5.82 Å². The summed E-state index contributed by atoms with van der Waals surface area (Å²) in [6.07, 6.45) is 3.93. The number of likely N-dealkylation sites (tertiary alicyclic amines) is 1. The van der Waals surface area contributed by atoms with Crippen LogP contribution in [-0.4, -0.2) is 54.2 Å². The fraction of sp³-hybridized carbons (Fsp3) is 0.611. The molecule has 0 N–H and O–H groups in total. The fourth-order valence-electron chi connectivity index (χ4n) is 3.60. The van der Waals surface area contributed by atoms with E-state index in [4.69, 9.17) is 4.74 Å². The number of rotatable bonds is 3. The number of halogens is 1. The third-order valence-electron chi connectivity index (χ3n) is 4.97. The zero-order valence-corrected chi connectivity index (χ0v) is 13.7. The number of amides is 2. The molecule has 1 aromatic rings. The number of morpholine rings is 1. The zero-order chi connectivity index (χ0) is 16.2. The van der Waals surface area contributed by atoms with Crippen LogP contribution in [0.4, 0.5) is 9.18 Å². The number of benzene rings is 1. The van der Waals surface area contributed by atoms with Crippen molar-refractivity contribution in [1.82, 2.24) is 9.80 Å². The van der Waals surface area contributed by atoms with Crippen molar-refractivity contribution in [2.45, 2.75) is 44.7 Å². The highest BCUT2D eigenvalue weighted by molar-refractivity contribution is 5.75. The van der Waals surface area contributed by atoms with Crippen molar-refractivity contribution in [3.05, 3.63) is 35.6 Å². The number of hydrogen-bond donors (Lipinski definition) is 0. The highest BCUT2D eigenvalue weighted by atomic mass is 19.1. The highest BCUT2D eigenvalue weighted by Crippen LogP contribution is 2.28. The van der Waals surface area contributed by atoms with Crippen LogP contribution in [0.5, 0.6) is 0 Å². The number of aryl methyl sites for hydroxylation is 1. The molecular formula is C18H25FN2O2. The van der Waals surface area contributed by atoms with E-state index < -0.39 is 0 Å². The molecule has 2 heterocycles. The van der Waals surface area contributed by atoms with Crippen molar-refractivity contribution >= 4 is 6.03 Å². The number of hydrogen-bond acceptors (Lipinski definition) is 2. The Bertz CT molecular complexity index is 528. The van der Waals surface area contributed by atoms with Crippen molar-refractivity contribution in [2.24, 2.45) is 0 Å². The molecule has 1 aromatic carbocycles. The highest BCUT2D eigenvalue weighted by Gasteiger charge is 2.36. The Kier molecular flexibility index (Phi) is 5.16. The molecule has 0 spiro atoms. The quantitative estimate of drug-likeness (QED) is 0.857. The summed E-state index contributed by atoms with van der Waals surface area (Å²) < 4.78 is 18.3. The van der Waals surface area contributed by atoms with Crippen molar-refractivity contribution in [3.8, 4) is 0 Å². The minimum absolute atomic E-state index is 0.155. The minimum atomic E-state index is -0.202. The molecule has 2 atom stereocenters. The summed E-state index contributed by atoms with van der Waals surface area (Å²) >= 11 is 0. The predicted molar refractivity (Wildman–Crippen MR) is 86.8 cm³/mol. The second-order valence-electron chi connectivity index (χ2n) is 6.53. The summed E-state index contributed by atoms with van der Waals surface area (Å²) in [5.74, 6) is -0.202. The van der Waals surface area contributed by atoms with E-state index in [1.54, 1.807) is 0 Å². The van der Waals surface area contributed by atoms with Crippen molar-refractivity contribution in [1.29, 1.82) is 0 Å². The van der Waals surface area contributed by atoms with E-state index in [9.17, 15) is 9.18 Å². The molecule has 0 saturated carbocycles. The van der Waals surface area contributed by atoms with E-state index in [0.29, 0.717) is 32.3 Å². The first-order valence-corrected chi connectivity index (χ1v) is 8.54. The maximum Gasteiger partial charge on any atom is 0.320 e. The van der Waals surface area contributed by atoms with E-state index in [1.807, 2.05) is 17.0 Å². The maximum atomic E-state index is 13.0. The maximum absolute atomic E-state index is 13.0. The van der Waals surface area contributed by atoms with Gasteiger partial charge < -0.3 is 14.5 Å². The summed E-state index contributed by atoms with van der Waals surface area (Å²) in [6.45, 7) is 4.78. The topological polar surface area (TPSA) is 32.8 Å². The molecule has 0 radical (unpaired) electrons. The molecule has 0 aromatic heterocycles. The van der Waals surface area contributed by atoms with E-state index >= 15 is 0 Å². The van der Waals surface area contributed by atoms with Crippen LogP contribution in [0.2, 0.25) is 0 Å². The third-order valence-corrected chi connectivity index (χ3v) is 4.97. The number of carbonyl (C=O) groups is 1. The Morgan fingerprint density at radius 1 is 1.22 bits per heavy atom. The number of ether oxygens (including phenoxy) is 1. The first-order valence-electron chi connectivity index (χ1n) is 8.54. The zero-order valence-electron chi connectivity index (χ0n) is 13.7. The standard InChI is InChI=1S/C18H25FN2O2/c1-14-2-8-17(9-5-15-3-6-16(19)7-4-15)21(14)18(22)20-10-12-23-13-11-20/h3-4,6-7,14,17H,2,5,8-13H2,1H3/t14-,17-/m1/s1. The summed E-state index contributed by atoms with van der Waals surface area (Å²) in [7, 11) is 0. The van der Waals surface area contributed by atoms with E-state index in [1.165, 1.54) is 12.1 Å². The van der Waals surface area contributed by atoms with Gasteiger partial charge >= 0.3 is 6.03 Å². The van der Waals surface area contributed by atoms with Gasteiger partial charge in [-0.2, -0.15) is 0 Å². The Morgan fingerprint density at radius 3 is 2.61 bits per heavy atom. The van der Waals surface area contributed by atoms with Crippen LogP contribution in [0.25, 0.3) is 0 Å². The first-order chi connectivity index (χ1) is 11.1. The van der Waals surface area contributed by atoms with E-state index in [0.717, 1.165) is 31.2 Å². The summed E-state index contributed by atoms with van der Waals surface area (Å²) in [4.78, 5) is 16.8. The van der Waals surface area contributed by atoms with Gasteiger partial charge in [0, 0.05) is 25.2 Å². The van der Waals surface area contributed by atoms with Crippen molar-refractivity contribution in [3.63, 3.8) is 0 Å². The molecule has 0 unspecified atom stereocenters. The lowest BCUT2D eigenvalue weighted by atomic mass is 10.0. The summed E-state index contributed by atoms with van der Waals surface area (Å²) in [5.41, 5.74) is 1.13. The molecule has 2 saturated heterocycles. The first kappa shape index (κ1) is 16.2. The van der Waals surface area contributed by atoms with Gasteiger partial charge in [0.05, 0.1) is 13.2 Å². The molecular weight excluding hydrogens is 295 g/mol. The molecule has 5 heteroatoms.